The van der Waals surface area contributed by atoms with Gasteiger partial charge in [0.1, 0.15) is 0 Å². The van der Waals surface area contributed by atoms with Crippen LogP contribution in [0.2, 0.25) is 0 Å². The second-order valence-electron chi connectivity index (χ2n) is 6.16. The summed E-state index contributed by atoms with van der Waals surface area (Å²) in [5.74, 6) is -1.41. The van der Waals surface area contributed by atoms with Crippen LogP contribution in [-0.2, 0) is 19.1 Å². The zero-order chi connectivity index (χ0) is 21.0. The topological polar surface area (TPSA) is 92.8 Å². The molecular formula is C20H17BrN2O5S. The maximum atomic E-state index is 12.7. The van der Waals surface area contributed by atoms with Gasteiger partial charge in [-0.3, -0.25) is 14.4 Å². The molecule has 0 spiro atoms. The lowest BCUT2D eigenvalue weighted by Gasteiger charge is -2.15. The quantitative estimate of drug-likeness (QED) is 0.508. The van der Waals surface area contributed by atoms with Crippen molar-refractivity contribution in [3.8, 4) is 0 Å². The second kappa shape index (κ2) is 9.23. The highest BCUT2D eigenvalue weighted by molar-refractivity contribution is 9.10. The molecule has 2 aromatic carbocycles. The standard InChI is InChI=1S/C20H17BrN2O5S/c1-28-20(27)12-2-8-15(9-3-12)23-18(25)10-16(19(23)26)29-11-17(24)22-14-6-4-13(21)5-7-14/h2-9,16H,10-11H2,1H3,(H,22,24)/t16-/m1/s1. The van der Waals surface area contributed by atoms with Gasteiger partial charge in [-0.1, -0.05) is 15.9 Å². The van der Waals surface area contributed by atoms with E-state index in [1.54, 1.807) is 12.1 Å². The highest BCUT2D eigenvalue weighted by Crippen LogP contribution is 2.30. The van der Waals surface area contributed by atoms with Gasteiger partial charge in [-0.15, -0.1) is 11.8 Å². The third-order valence-electron chi connectivity index (χ3n) is 4.20. The maximum Gasteiger partial charge on any atom is 0.337 e. The van der Waals surface area contributed by atoms with E-state index < -0.39 is 11.2 Å². The smallest absolute Gasteiger partial charge is 0.337 e. The molecule has 1 aliphatic rings. The Labute approximate surface area is 179 Å². The van der Waals surface area contributed by atoms with Crippen LogP contribution < -0.4 is 10.2 Å². The Kier molecular flexibility index (Phi) is 6.71. The number of anilines is 2. The van der Waals surface area contributed by atoms with Crippen molar-refractivity contribution in [1.29, 1.82) is 0 Å². The largest absolute Gasteiger partial charge is 0.465 e. The predicted octanol–water partition coefficient (Wildman–Crippen LogP) is 3.24. The van der Waals surface area contributed by atoms with Crippen LogP contribution in [0.5, 0.6) is 0 Å². The van der Waals surface area contributed by atoms with E-state index in [-0.39, 0.29) is 29.9 Å². The molecule has 0 aromatic heterocycles. The SMILES string of the molecule is COC(=O)c1ccc(N2C(=O)C[C@@H](SCC(=O)Nc3ccc(Br)cc3)C2=O)cc1. The van der Waals surface area contributed by atoms with Crippen molar-refractivity contribution in [2.24, 2.45) is 0 Å². The third kappa shape index (κ3) is 5.04. The average Bonchev–Trinajstić information content (AvgIpc) is 3.01. The second-order valence-corrected chi connectivity index (χ2v) is 8.27. The van der Waals surface area contributed by atoms with Crippen molar-refractivity contribution in [3.05, 3.63) is 58.6 Å². The third-order valence-corrected chi connectivity index (χ3v) is 5.92. The minimum absolute atomic E-state index is 0.0216. The fraction of sp³-hybridized carbons (Fsp3) is 0.200. The number of carbonyl (C=O) groups is 4. The summed E-state index contributed by atoms with van der Waals surface area (Å²) in [6.45, 7) is 0. The first kappa shape index (κ1) is 21.1. The number of carbonyl (C=O) groups excluding carboxylic acids is 4. The van der Waals surface area contributed by atoms with Gasteiger partial charge >= 0.3 is 5.97 Å². The fourth-order valence-electron chi connectivity index (χ4n) is 2.78. The summed E-state index contributed by atoms with van der Waals surface area (Å²) < 4.78 is 5.54. The number of halogens is 1. The molecule has 3 amide bonds. The van der Waals surface area contributed by atoms with Gasteiger partial charge in [0.05, 0.1) is 29.4 Å². The van der Waals surface area contributed by atoms with E-state index in [9.17, 15) is 19.2 Å². The monoisotopic (exact) mass is 476 g/mol. The summed E-state index contributed by atoms with van der Waals surface area (Å²) in [6.07, 6.45) is 0.0216. The van der Waals surface area contributed by atoms with Crippen LogP contribution in [0.1, 0.15) is 16.8 Å². The molecule has 1 aliphatic heterocycles. The molecule has 1 heterocycles. The molecule has 150 valence electrons. The molecule has 2 aromatic rings. The number of nitrogens with zero attached hydrogens (tertiary/aromatic N) is 1. The van der Waals surface area contributed by atoms with Crippen LogP contribution in [0, 0.1) is 0 Å². The van der Waals surface area contributed by atoms with Gasteiger partial charge in [-0.25, -0.2) is 9.69 Å². The van der Waals surface area contributed by atoms with Crippen LogP contribution in [0.25, 0.3) is 0 Å². The van der Waals surface area contributed by atoms with Gasteiger partial charge in [0.15, 0.2) is 0 Å². The highest BCUT2D eigenvalue weighted by atomic mass is 79.9. The Bertz CT molecular complexity index is 946. The van der Waals surface area contributed by atoms with Crippen LogP contribution in [0.4, 0.5) is 11.4 Å². The number of hydrogen-bond acceptors (Lipinski definition) is 6. The molecule has 0 aliphatic carbocycles. The summed E-state index contributed by atoms with van der Waals surface area (Å²) in [4.78, 5) is 49.7. The van der Waals surface area contributed by atoms with E-state index in [1.807, 2.05) is 12.1 Å². The highest BCUT2D eigenvalue weighted by Gasteiger charge is 2.40. The zero-order valence-corrected chi connectivity index (χ0v) is 17.8. The molecule has 1 saturated heterocycles. The average molecular weight is 477 g/mol. The van der Waals surface area contributed by atoms with Crippen molar-refractivity contribution in [2.45, 2.75) is 11.7 Å². The van der Waals surface area contributed by atoms with Gasteiger partial charge in [-0.05, 0) is 48.5 Å². The first-order valence-electron chi connectivity index (χ1n) is 8.61. The number of thioether (sulfide) groups is 1. The first-order valence-corrected chi connectivity index (χ1v) is 10.5. The first-order chi connectivity index (χ1) is 13.9. The lowest BCUT2D eigenvalue weighted by Crippen LogP contribution is -2.31. The summed E-state index contributed by atoms with van der Waals surface area (Å²) in [7, 11) is 1.28. The van der Waals surface area contributed by atoms with Crippen molar-refractivity contribution < 1.29 is 23.9 Å². The van der Waals surface area contributed by atoms with E-state index in [1.165, 1.54) is 31.4 Å². The Balaban J connectivity index is 1.59. The predicted molar refractivity (Wildman–Crippen MR) is 114 cm³/mol. The number of benzene rings is 2. The van der Waals surface area contributed by atoms with Crippen molar-refractivity contribution in [2.75, 3.05) is 23.1 Å². The van der Waals surface area contributed by atoms with E-state index in [0.29, 0.717) is 16.9 Å². The van der Waals surface area contributed by atoms with Gasteiger partial charge in [-0.2, -0.15) is 0 Å². The number of esters is 1. The minimum atomic E-state index is -0.626. The van der Waals surface area contributed by atoms with Crippen molar-refractivity contribution >= 4 is 62.8 Å². The summed E-state index contributed by atoms with van der Waals surface area (Å²) in [5.41, 5.74) is 1.36. The van der Waals surface area contributed by atoms with Crippen LogP contribution in [0.15, 0.2) is 53.0 Å². The molecule has 3 rings (SSSR count). The molecule has 9 heteroatoms. The Morgan fingerprint density at radius 3 is 2.41 bits per heavy atom. The van der Waals surface area contributed by atoms with Crippen LogP contribution in [-0.4, -0.2) is 41.8 Å². The van der Waals surface area contributed by atoms with Gasteiger partial charge in [0.25, 0.3) is 0 Å². The van der Waals surface area contributed by atoms with Gasteiger partial charge < -0.3 is 10.1 Å². The maximum absolute atomic E-state index is 12.7. The molecule has 7 nitrogen and oxygen atoms in total. The van der Waals surface area contributed by atoms with Crippen molar-refractivity contribution in [3.63, 3.8) is 0 Å². The molecule has 0 saturated carbocycles. The lowest BCUT2D eigenvalue weighted by molar-refractivity contribution is -0.121. The summed E-state index contributed by atoms with van der Waals surface area (Å²) >= 11 is 4.45. The Morgan fingerprint density at radius 1 is 1.14 bits per heavy atom. The summed E-state index contributed by atoms with van der Waals surface area (Å²) in [5, 5.41) is 2.12. The number of imide groups is 1. The molecule has 1 fully saturated rings. The van der Waals surface area contributed by atoms with Crippen LogP contribution >= 0.6 is 27.7 Å². The number of amides is 3. The molecular weight excluding hydrogens is 460 g/mol. The molecule has 29 heavy (non-hydrogen) atoms. The van der Waals surface area contributed by atoms with E-state index >= 15 is 0 Å². The van der Waals surface area contributed by atoms with E-state index in [0.717, 1.165) is 21.1 Å². The normalized spacial score (nSPS) is 16.1. The Morgan fingerprint density at radius 2 is 1.79 bits per heavy atom. The molecule has 0 bridgehead atoms. The van der Waals surface area contributed by atoms with Gasteiger partial charge in [0.2, 0.25) is 17.7 Å². The number of nitrogens with one attached hydrogen (secondary N) is 1. The summed E-state index contributed by atoms with van der Waals surface area (Å²) in [6, 6.07) is 13.2. The molecule has 0 unspecified atom stereocenters. The Hall–Kier alpha value is -2.65. The molecule has 0 radical (unpaired) electrons. The number of methoxy groups -OCH3 is 1. The lowest BCUT2D eigenvalue weighted by atomic mass is 10.2. The number of rotatable bonds is 6. The van der Waals surface area contributed by atoms with E-state index in [2.05, 4.69) is 26.0 Å². The number of hydrogen-bond donors (Lipinski definition) is 1. The molecule has 1 N–H and O–H groups in total. The molecule has 1 atom stereocenters. The van der Waals surface area contributed by atoms with E-state index in [4.69, 9.17) is 0 Å². The van der Waals surface area contributed by atoms with Gasteiger partial charge in [0, 0.05) is 16.6 Å². The fourth-order valence-corrected chi connectivity index (χ4v) is 3.97. The minimum Gasteiger partial charge on any atom is -0.465 e. The number of ether oxygens (including phenoxy) is 1. The zero-order valence-electron chi connectivity index (χ0n) is 15.4. The van der Waals surface area contributed by atoms with Crippen LogP contribution in [0.3, 0.4) is 0 Å². The van der Waals surface area contributed by atoms with Crippen molar-refractivity contribution in [1.82, 2.24) is 0 Å².